The number of fused-ring (bicyclic) bond motifs is 2. The van der Waals surface area contributed by atoms with Crippen LogP contribution in [0.25, 0.3) is 43.8 Å². The fourth-order valence-corrected chi connectivity index (χ4v) is 4.48. The van der Waals surface area contributed by atoms with Gasteiger partial charge in [0.15, 0.2) is 69.8 Å². The normalized spacial score (nSPS) is 11.8. The highest BCUT2D eigenvalue weighted by Crippen LogP contribution is 2.49. The second-order valence-corrected chi connectivity index (χ2v) is 8.34. The molecule has 0 atom stereocenters. The monoisotopic (exact) mass is 600 g/mol. The molecule has 5 rings (SSSR count). The van der Waals surface area contributed by atoms with Gasteiger partial charge in [0.25, 0.3) is 0 Å². The Bertz CT molecular complexity index is 1940. The average Bonchev–Trinajstić information content (AvgIpc) is 2.95. The van der Waals surface area contributed by atoms with E-state index in [9.17, 15) is 57.1 Å². The molecule has 15 heteroatoms. The summed E-state index contributed by atoms with van der Waals surface area (Å²) in [6.45, 7) is 0. The lowest BCUT2D eigenvalue weighted by Gasteiger charge is -2.21. The molecule has 5 aromatic carbocycles. The number of hydrogen-bond acceptors (Lipinski definition) is 0. The van der Waals surface area contributed by atoms with E-state index in [-0.39, 0.29) is 6.07 Å². The summed E-state index contributed by atoms with van der Waals surface area (Å²) in [5, 5.41) is -6.43. The van der Waals surface area contributed by atoms with E-state index in [0.717, 1.165) is 0 Å². The topological polar surface area (TPSA) is 0 Å². The van der Waals surface area contributed by atoms with Crippen LogP contribution in [0.15, 0.2) is 18.2 Å². The molecule has 0 aliphatic rings. The standard InChI is InChI=1S/C26H3F15/c27-4-1-2-5-6(3-4)8(12-17(32)23(38)26(41)24(39)18(12)33)10-9(13(28)19(34)20(35)14(10)29)7(5)11-15(30)21(36)25(40)22(37)16(11)31/h1-3H. The minimum atomic E-state index is -2.79. The highest BCUT2D eigenvalue weighted by molar-refractivity contribution is 6.22. The first-order chi connectivity index (χ1) is 19.1. The summed E-state index contributed by atoms with van der Waals surface area (Å²) in [5.74, 6) is -39.6. The Morgan fingerprint density at radius 3 is 0.927 bits per heavy atom. The van der Waals surface area contributed by atoms with E-state index in [1.807, 2.05) is 0 Å². The molecule has 0 heterocycles. The maximum absolute atomic E-state index is 15.3. The van der Waals surface area contributed by atoms with E-state index in [0.29, 0.717) is 12.1 Å². The van der Waals surface area contributed by atoms with Gasteiger partial charge in [-0.25, -0.2) is 65.9 Å². The van der Waals surface area contributed by atoms with Crippen LogP contribution in [0.1, 0.15) is 0 Å². The quantitative estimate of drug-likeness (QED) is 0.0820. The van der Waals surface area contributed by atoms with Crippen molar-refractivity contribution in [3.63, 3.8) is 0 Å². The second-order valence-electron chi connectivity index (χ2n) is 8.34. The van der Waals surface area contributed by atoms with E-state index in [1.54, 1.807) is 0 Å². The Balaban J connectivity index is 2.24. The van der Waals surface area contributed by atoms with E-state index in [2.05, 4.69) is 0 Å². The van der Waals surface area contributed by atoms with Crippen LogP contribution in [-0.4, -0.2) is 0 Å². The molecule has 0 bridgehead atoms. The first-order valence-corrected chi connectivity index (χ1v) is 10.6. The van der Waals surface area contributed by atoms with Crippen molar-refractivity contribution in [3.05, 3.63) is 105 Å². The molecule has 0 nitrogen and oxygen atoms in total. The van der Waals surface area contributed by atoms with Gasteiger partial charge in [0, 0.05) is 21.9 Å². The lowest BCUT2D eigenvalue weighted by Crippen LogP contribution is -2.09. The van der Waals surface area contributed by atoms with Gasteiger partial charge in [-0.15, -0.1) is 0 Å². The van der Waals surface area contributed by atoms with Crippen molar-refractivity contribution in [1.29, 1.82) is 0 Å². The van der Waals surface area contributed by atoms with Crippen LogP contribution >= 0.6 is 0 Å². The Morgan fingerprint density at radius 2 is 0.561 bits per heavy atom. The van der Waals surface area contributed by atoms with Gasteiger partial charge in [-0.05, 0) is 22.9 Å². The number of halogens is 15. The summed E-state index contributed by atoms with van der Waals surface area (Å²) >= 11 is 0. The molecule has 0 amide bonds. The minimum Gasteiger partial charge on any atom is -0.207 e. The van der Waals surface area contributed by atoms with Crippen molar-refractivity contribution >= 4 is 21.5 Å². The zero-order valence-electron chi connectivity index (χ0n) is 18.9. The molecule has 0 N–H and O–H groups in total. The maximum atomic E-state index is 15.3. The van der Waals surface area contributed by atoms with Crippen molar-refractivity contribution in [2.75, 3.05) is 0 Å². The lowest BCUT2D eigenvalue weighted by molar-refractivity contribution is 0.381. The van der Waals surface area contributed by atoms with Crippen molar-refractivity contribution in [2.45, 2.75) is 0 Å². The van der Waals surface area contributed by atoms with E-state index in [1.165, 1.54) is 0 Å². The first-order valence-electron chi connectivity index (χ1n) is 10.6. The minimum absolute atomic E-state index is 0.107. The van der Waals surface area contributed by atoms with Crippen LogP contribution < -0.4 is 0 Å². The second kappa shape index (κ2) is 9.31. The summed E-state index contributed by atoms with van der Waals surface area (Å²) in [5.41, 5.74) is -7.69. The van der Waals surface area contributed by atoms with Gasteiger partial charge in [0.05, 0.1) is 11.1 Å². The zero-order chi connectivity index (χ0) is 30.4. The van der Waals surface area contributed by atoms with Gasteiger partial charge in [-0.2, -0.15) is 0 Å². The predicted molar refractivity (Wildman–Crippen MR) is 112 cm³/mol. The molecule has 0 aliphatic carbocycles. The molecule has 41 heavy (non-hydrogen) atoms. The van der Waals surface area contributed by atoms with Gasteiger partial charge >= 0.3 is 0 Å². The summed E-state index contributed by atoms with van der Waals surface area (Å²) in [7, 11) is 0. The molecule has 0 unspecified atom stereocenters. The third kappa shape index (κ3) is 3.67. The Labute approximate surface area is 215 Å². The van der Waals surface area contributed by atoms with Crippen LogP contribution in [0.5, 0.6) is 0 Å². The lowest BCUT2D eigenvalue weighted by atomic mass is 9.84. The third-order valence-corrected chi connectivity index (χ3v) is 6.21. The summed E-state index contributed by atoms with van der Waals surface area (Å²) in [6.07, 6.45) is 0. The van der Waals surface area contributed by atoms with Gasteiger partial charge < -0.3 is 0 Å². The van der Waals surface area contributed by atoms with Crippen LogP contribution in [0.4, 0.5) is 65.9 Å². The van der Waals surface area contributed by atoms with Gasteiger partial charge in [-0.1, -0.05) is 6.07 Å². The smallest absolute Gasteiger partial charge is 0.200 e. The Kier molecular flexibility index (Phi) is 6.38. The Morgan fingerprint density at radius 1 is 0.268 bits per heavy atom. The molecule has 0 radical (unpaired) electrons. The summed E-state index contributed by atoms with van der Waals surface area (Å²) < 4.78 is 217. The SMILES string of the molecule is Fc1ccc2c(-c3c(F)c(F)c(F)c(F)c3F)c3c(F)c(F)c(F)c(F)c3c(-c3c(F)c(F)c(F)c(F)c3F)c2c1. The van der Waals surface area contributed by atoms with Gasteiger partial charge in [0.2, 0.25) is 11.6 Å². The predicted octanol–water partition coefficient (Wildman–Crippen LogP) is 9.41. The van der Waals surface area contributed by atoms with E-state index >= 15 is 8.78 Å². The van der Waals surface area contributed by atoms with Crippen LogP contribution in [0.2, 0.25) is 0 Å². The molecule has 0 spiro atoms. The molecule has 212 valence electrons. The zero-order valence-corrected chi connectivity index (χ0v) is 18.9. The number of rotatable bonds is 2. The van der Waals surface area contributed by atoms with E-state index < -0.39 is 131 Å². The van der Waals surface area contributed by atoms with Crippen LogP contribution in [-0.2, 0) is 0 Å². The average molecular weight is 600 g/mol. The highest BCUT2D eigenvalue weighted by atomic mass is 19.2. The number of hydrogen-bond donors (Lipinski definition) is 0. The fraction of sp³-hybridized carbons (Fsp3) is 0. The largest absolute Gasteiger partial charge is 0.207 e. The van der Waals surface area contributed by atoms with Crippen molar-refractivity contribution in [1.82, 2.24) is 0 Å². The molecular formula is C26H3F15. The first kappa shape index (κ1) is 28.1. The van der Waals surface area contributed by atoms with Crippen molar-refractivity contribution in [3.8, 4) is 22.3 Å². The van der Waals surface area contributed by atoms with Crippen LogP contribution in [0.3, 0.4) is 0 Å². The van der Waals surface area contributed by atoms with Crippen molar-refractivity contribution in [2.24, 2.45) is 0 Å². The molecule has 0 aromatic heterocycles. The van der Waals surface area contributed by atoms with E-state index in [4.69, 9.17) is 0 Å². The Hall–Kier alpha value is -4.43. The third-order valence-electron chi connectivity index (χ3n) is 6.21. The van der Waals surface area contributed by atoms with Gasteiger partial charge in [0.1, 0.15) is 5.82 Å². The summed E-state index contributed by atoms with van der Waals surface area (Å²) in [6, 6.07) is 0.822. The number of benzene rings is 5. The fourth-order valence-electron chi connectivity index (χ4n) is 4.48. The maximum Gasteiger partial charge on any atom is 0.200 e. The molecule has 5 aromatic rings. The van der Waals surface area contributed by atoms with Gasteiger partial charge in [-0.3, -0.25) is 0 Å². The van der Waals surface area contributed by atoms with Crippen molar-refractivity contribution < 1.29 is 65.9 Å². The molecule has 0 fully saturated rings. The molecule has 0 aliphatic heterocycles. The van der Waals surface area contributed by atoms with Crippen LogP contribution in [0, 0.1) is 87.3 Å². The summed E-state index contributed by atoms with van der Waals surface area (Å²) in [4.78, 5) is 0. The molecule has 0 saturated carbocycles. The molecular weight excluding hydrogens is 597 g/mol. The molecule has 0 saturated heterocycles. The highest BCUT2D eigenvalue weighted by Gasteiger charge is 2.36.